The Morgan fingerprint density at radius 2 is 2.45 bits per heavy atom. The molecule has 0 fully saturated rings. The molecule has 0 radical (unpaired) electrons. The molecule has 11 heavy (non-hydrogen) atoms. The van der Waals surface area contributed by atoms with Crippen LogP contribution in [0.4, 0.5) is 0 Å². The predicted octanol–water partition coefficient (Wildman–Crippen LogP) is -0.229. The van der Waals surface area contributed by atoms with Gasteiger partial charge in [-0.15, -0.1) is 0 Å². The van der Waals surface area contributed by atoms with Gasteiger partial charge < -0.3 is 4.84 Å². The molecule has 0 atom stereocenters. The van der Waals surface area contributed by atoms with Crippen molar-refractivity contribution in [1.82, 2.24) is 19.8 Å². The van der Waals surface area contributed by atoms with Gasteiger partial charge in [-0.1, -0.05) is 0 Å². The highest BCUT2D eigenvalue weighted by Gasteiger charge is 1.95. The van der Waals surface area contributed by atoms with Gasteiger partial charge in [0.25, 0.3) is 0 Å². The van der Waals surface area contributed by atoms with Crippen LogP contribution in [0, 0.1) is 0 Å². The number of aromatic nitrogens is 3. The van der Waals surface area contributed by atoms with Gasteiger partial charge in [0.05, 0.1) is 13.7 Å². The zero-order chi connectivity index (χ0) is 8.10. The average Bonchev–Trinajstić information content (AvgIpc) is 2.52. The summed E-state index contributed by atoms with van der Waals surface area (Å²) in [5.74, 6) is 0. The van der Waals surface area contributed by atoms with Crippen LogP contribution in [-0.4, -0.2) is 40.5 Å². The minimum absolute atomic E-state index is 0.796. The molecule has 0 aromatic carbocycles. The van der Waals surface area contributed by atoms with Gasteiger partial charge in [-0.3, -0.25) is 4.68 Å². The Bertz CT molecular complexity index is 186. The first-order valence-corrected chi connectivity index (χ1v) is 3.40. The standard InChI is InChI=1S/C6H12N4O/c1-9(11-2)3-4-10-6-7-5-8-10/h5-6H,3-4H2,1-2H3. The van der Waals surface area contributed by atoms with E-state index in [1.54, 1.807) is 23.2 Å². The maximum absolute atomic E-state index is 4.92. The quantitative estimate of drug-likeness (QED) is 0.565. The first-order valence-electron chi connectivity index (χ1n) is 3.40. The maximum Gasteiger partial charge on any atom is 0.137 e. The van der Waals surface area contributed by atoms with Crippen LogP contribution in [0.5, 0.6) is 0 Å². The molecule has 1 aromatic rings. The van der Waals surface area contributed by atoms with Crippen molar-refractivity contribution in [2.75, 3.05) is 20.7 Å². The van der Waals surface area contributed by atoms with Crippen molar-refractivity contribution in [2.24, 2.45) is 0 Å². The average molecular weight is 156 g/mol. The van der Waals surface area contributed by atoms with E-state index in [1.807, 2.05) is 7.05 Å². The molecule has 0 bridgehead atoms. The second kappa shape index (κ2) is 4.05. The van der Waals surface area contributed by atoms with Gasteiger partial charge in [-0.2, -0.15) is 10.2 Å². The third kappa shape index (κ3) is 2.65. The summed E-state index contributed by atoms with van der Waals surface area (Å²) >= 11 is 0. The zero-order valence-electron chi connectivity index (χ0n) is 6.77. The molecule has 0 aliphatic heterocycles. The molecular weight excluding hydrogens is 144 g/mol. The van der Waals surface area contributed by atoms with Gasteiger partial charge in [0.2, 0.25) is 0 Å². The molecule has 5 nitrogen and oxygen atoms in total. The Hall–Kier alpha value is -0.940. The maximum atomic E-state index is 4.92. The van der Waals surface area contributed by atoms with Crippen molar-refractivity contribution in [3.05, 3.63) is 12.7 Å². The molecular formula is C6H12N4O. The molecule has 5 heteroatoms. The number of hydroxylamine groups is 2. The highest BCUT2D eigenvalue weighted by atomic mass is 16.7. The van der Waals surface area contributed by atoms with Crippen LogP contribution in [0.3, 0.4) is 0 Å². The summed E-state index contributed by atoms with van der Waals surface area (Å²) in [6.07, 6.45) is 3.20. The van der Waals surface area contributed by atoms with Crippen LogP contribution < -0.4 is 0 Å². The van der Waals surface area contributed by atoms with Crippen LogP contribution >= 0.6 is 0 Å². The first kappa shape index (κ1) is 8.16. The van der Waals surface area contributed by atoms with Crippen molar-refractivity contribution < 1.29 is 4.84 Å². The normalized spacial score (nSPS) is 10.8. The molecule has 0 aliphatic carbocycles. The van der Waals surface area contributed by atoms with Crippen LogP contribution in [0.1, 0.15) is 0 Å². The fraction of sp³-hybridized carbons (Fsp3) is 0.667. The Balaban J connectivity index is 2.23. The lowest BCUT2D eigenvalue weighted by Gasteiger charge is -2.12. The number of hydrogen-bond donors (Lipinski definition) is 0. The number of likely N-dealkylation sites (N-methyl/N-ethyl adjacent to an activating group) is 1. The molecule has 1 aromatic heterocycles. The van der Waals surface area contributed by atoms with Gasteiger partial charge in [0, 0.05) is 13.6 Å². The third-order valence-corrected chi connectivity index (χ3v) is 1.42. The molecule has 1 rings (SSSR count). The van der Waals surface area contributed by atoms with Crippen LogP contribution in [-0.2, 0) is 11.4 Å². The van der Waals surface area contributed by atoms with E-state index in [0.29, 0.717) is 0 Å². The third-order valence-electron chi connectivity index (χ3n) is 1.42. The predicted molar refractivity (Wildman–Crippen MR) is 39.7 cm³/mol. The second-order valence-electron chi connectivity index (χ2n) is 2.19. The molecule has 0 N–H and O–H groups in total. The fourth-order valence-electron chi connectivity index (χ4n) is 0.683. The smallest absolute Gasteiger partial charge is 0.137 e. The Kier molecular flexibility index (Phi) is 3.00. The minimum Gasteiger partial charge on any atom is -0.303 e. The van der Waals surface area contributed by atoms with Crippen LogP contribution in [0.15, 0.2) is 12.7 Å². The minimum atomic E-state index is 0.796. The van der Waals surface area contributed by atoms with E-state index in [-0.39, 0.29) is 0 Å². The van der Waals surface area contributed by atoms with Gasteiger partial charge in [0.1, 0.15) is 12.7 Å². The van der Waals surface area contributed by atoms with Gasteiger partial charge >= 0.3 is 0 Å². The molecule has 0 amide bonds. The van der Waals surface area contributed by atoms with E-state index < -0.39 is 0 Å². The van der Waals surface area contributed by atoms with Crippen molar-refractivity contribution in [3.63, 3.8) is 0 Å². The van der Waals surface area contributed by atoms with Crippen molar-refractivity contribution in [1.29, 1.82) is 0 Å². The number of hydrogen-bond acceptors (Lipinski definition) is 4. The molecule has 0 saturated carbocycles. The Labute approximate surface area is 65.5 Å². The molecule has 62 valence electrons. The SMILES string of the molecule is CON(C)CCn1cncn1. The fourth-order valence-corrected chi connectivity index (χ4v) is 0.683. The summed E-state index contributed by atoms with van der Waals surface area (Å²) in [6.45, 7) is 1.60. The summed E-state index contributed by atoms with van der Waals surface area (Å²) in [6, 6.07) is 0. The van der Waals surface area contributed by atoms with Crippen LogP contribution in [0.2, 0.25) is 0 Å². The lowest BCUT2D eigenvalue weighted by Crippen LogP contribution is -2.22. The number of nitrogens with zero attached hydrogens (tertiary/aromatic N) is 4. The lowest BCUT2D eigenvalue weighted by molar-refractivity contribution is -0.111. The van der Waals surface area contributed by atoms with E-state index >= 15 is 0 Å². The highest BCUT2D eigenvalue weighted by Crippen LogP contribution is 1.84. The Morgan fingerprint density at radius 3 is 3.00 bits per heavy atom. The summed E-state index contributed by atoms with van der Waals surface area (Å²) < 4.78 is 1.76. The first-order chi connectivity index (χ1) is 5.33. The van der Waals surface area contributed by atoms with E-state index in [0.717, 1.165) is 13.1 Å². The topological polar surface area (TPSA) is 43.2 Å². The van der Waals surface area contributed by atoms with E-state index in [9.17, 15) is 0 Å². The lowest BCUT2D eigenvalue weighted by atomic mass is 10.6. The second-order valence-corrected chi connectivity index (χ2v) is 2.19. The number of rotatable bonds is 4. The monoisotopic (exact) mass is 156 g/mol. The summed E-state index contributed by atoms with van der Waals surface area (Å²) in [5, 5.41) is 5.68. The van der Waals surface area contributed by atoms with Crippen LogP contribution in [0.25, 0.3) is 0 Å². The summed E-state index contributed by atoms with van der Waals surface area (Å²) in [7, 11) is 3.51. The van der Waals surface area contributed by atoms with Gasteiger partial charge in [-0.05, 0) is 0 Å². The summed E-state index contributed by atoms with van der Waals surface area (Å²) in [5.41, 5.74) is 0. The Morgan fingerprint density at radius 1 is 1.64 bits per heavy atom. The highest BCUT2D eigenvalue weighted by molar-refractivity contribution is 4.55. The molecule has 0 aliphatic rings. The van der Waals surface area contributed by atoms with Crippen molar-refractivity contribution >= 4 is 0 Å². The van der Waals surface area contributed by atoms with Crippen molar-refractivity contribution in [2.45, 2.75) is 6.54 Å². The van der Waals surface area contributed by atoms with E-state index in [1.165, 1.54) is 6.33 Å². The molecule has 0 unspecified atom stereocenters. The van der Waals surface area contributed by atoms with Gasteiger partial charge in [-0.25, -0.2) is 4.98 Å². The van der Waals surface area contributed by atoms with E-state index in [4.69, 9.17) is 4.84 Å². The molecule has 1 heterocycles. The molecule has 0 saturated heterocycles. The van der Waals surface area contributed by atoms with Gasteiger partial charge in [0.15, 0.2) is 0 Å². The van der Waals surface area contributed by atoms with Crippen molar-refractivity contribution in [3.8, 4) is 0 Å². The summed E-state index contributed by atoms with van der Waals surface area (Å²) in [4.78, 5) is 8.74. The largest absolute Gasteiger partial charge is 0.303 e. The van der Waals surface area contributed by atoms with E-state index in [2.05, 4.69) is 10.1 Å². The zero-order valence-corrected chi connectivity index (χ0v) is 6.77. The molecule has 0 spiro atoms.